The molecule has 1 heteroatoms. The van der Waals surface area contributed by atoms with Crippen LogP contribution in [0.3, 0.4) is 0 Å². The summed E-state index contributed by atoms with van der Waals surface area (Å²) in [6.07, 6.45) is 0.926. The Labute approximate surface area is 188 Å². The number of hydrogen-bond acceptors (Lipinski definition) is 0. The van der Waals surface area contributed by atoms with E-state index in [-0.39, 0.29) is 0 Å². The molecule has 0 fully saturated rings. The monoisotopic (exact) mass is 409 g/mol. The fourth-order valence-electron chi connectivity index (χ4n) is 4.67. The van der Waals surface area contributed by atoms with Crippen LogP contribution in [0.5, 0.6) is 0 Å². The molecule has 0 bridgehead atoms. The Kier molecular flexibility index (Phi) is 4.58. The molecule has 1 heterocycles. The van der Waals surface area contributed by atoms with E-state index in [0.717, 1.165) is 6.42 Å². The molecule has 1 nitrogen and oxygen atoms in total. The molecule has 0 unspecified atom stereocenters. The van der Waals surface area contributed by atoms with Gasteiger partial charge in [0, 0.05) is 16.5 Å². The average Bonchev–Trinajstić information content (AvgIpc) is 3.19. The van der Waals surface area contributed by atoms with Crippen molar-refractivity contribution >= 4 is 21.8 Å². The molecule has 0 saturated carbocycles. The molecule has 0 radical (unpaired) electrons. The van der Waals surface area contributed by atoms with Crippen molar-refractivity contribution in [2.24, 2.45) is 0 Å². The zero-order valence-corrected chi connectivity index (χ0v) is 17.8. The van der Waals surface area contributed by atoms with Gasteiger partial charge in [0.15, 0.2) is 0 Å². The van der Waals surface area contributed by atoms with Crippen molar-refractivity contribution in [3.8, 4) is 16.8 Å². The standard InChI is InChI=1S/C31H23N/c1-3-9-25(10-4-1)26-18-15-23(16-19-26)21-24-17-20-31-29(22-24)28-13-7-8-14-30(28)32(31)27-11-5-2-6-12-27/h1-20,22H,21H2. The van der Waals surface area contributed by atoms with Gasteiger partial charge in [-0.25, -0.2) is 0 Å². The van der Waals surface area contributed by atoms with Gasteiger partial charge in [0.25, 0.3) is 0 Å². The lowest BCUT2D eigenvalue weighted by Crippen LogP contribution is -1.93. The smallest absolute Gasteiger partial charge is 0.0541 e. The first-order valence-electron chi connectivity index (χ1n) is 11.1. The molecular formula is C31H23N. The molecule has 32 heavy (non-hydrogen) atoms. The minimum Gasteiger partial charge on any atom is -0.309 e. The number of nitrogens with zero attached hydrogens (tertiary/aromatic N) is 1. The van der Waals surface area contributed by atoms with Crippen LogP contribution in [0, 0.1) is 0 Å². The molecule has 152 valence electrons. The van der Waals surface area contributed by atoms with Crippen molar-refractivity contribution < 1.29 is 0 Å². The number of hydrogen-bond donors (Lipinski definition) is 0. The summed E-state index contributed by atoms with van der Waals surface area (Å²) in [5.74, 6) is 0. The van der Waals surface area contributed by atoms with Crippen LogP contribution < -0.4 is 0 Å². The molecule has 0 aliphatic rings. The molecule has 5 aromatic carbocycles. The number of para-hydroxylation sites is 2. The first-order valence-corrected chi connectivity index (χ1v) is 11.1. The molecule has 1 aromatic heterocycles. The topological polar surface area (TPSA) is 4.93 Å². The predicted molar refractivity (Wildman–Crippen MR) is 135 cm³/mol. The van der Waals surface area contributed by atoms with Gasteiger partial charge >= 0.3 is 0 Å². The Morgan fingerprint density at radius 3 is 1.81 bits per heavy atom. The lowest BCUT2D eigenvalue weighted by atomic mass is 9.99. The molecular weight excluding hydrogens is 386 g/mol. The van der Waals surface area contributed by atoms with Crippen LogP contribution in [0.1, 0.15) is 11.1 Å². The van der Waals surface area contributed by atoms with Gasteiger partial charge in [-0.05, 0) is 59.0 Å². The Bertz CT molecular complexity index is 1510. The SMILES string of the molecule is c1ccc(-c2ccc(Cc3ccc4c(c3)c3ccccc3n4-c3ccccc3)cc2)cc1. The van der Waals surface area contributed by atoms with Crippen molar-refractivity contribution in [1.82, 2.24) is 4.57 Å². The highest BCUT2D eigenvalue weighted by Crippen LogP contribution is 2.33. The first kappa shape index (κ1) is 18.7. The van der Waals surface area contributed by atoms with E-state index in [1.165, 1.54) is 49.7 Å². The zero-order valence-electron chi connectivity index (χ0n) is 17.8. The van der Waals surface area contributed by atoms with Crippen LogP contribution in [0.15, 0.2) is 127 Å². The first-order chi connectivity index (χ1) is 15.9. The van der Waals surface area contributed by atoms with Gasteiger partial charge in [-0.1, -0.05) is 97.1 Å². The maximum atomic E-state index is 2.36. The molecule has 6 aromatic rings. The van der Waals surface area contributed by atoms with Gasteiger partial charge in [-0.2, -0.15) is 0 Å². The summed E-state index contributed by atoms with van der Waals surface area (Å²) < 4.78 is 2.36. The van der Waals surface area contributed by atoms with E-state index in [2.05, 4.69) is 132 Å². The van der Waals surface area contributed by atoms with Gasteiger partial charge in [0.05, 0.1) is 11.0 Å². The van der Waals surface area contributed by atoms with E-state index in [1.54, 1.807) is 0 Å². The highest BCUT2D eigenvalue weighted by atomic mass is 15.0. The summed E-state index contributed by atoms with van der Waals surface area (Å²) in [7, 11) is 0. The van der Waals surface area contributed by atoms with E-state index in [4.69, 9.17) is 0 Å². The summed E-state index contributed by atoms with van der Waals surface area (Å²) in [5, 5.41) is 2.61. The van der Waals surface area contributed by atoms with Crippen LogP contribution in [0.2, 0.25) is 0 Å². The zero-order chi connectivity index (χ0) is 21.3. The second-order valence-corrected chi connectivity index (χ2v) is 8.28. The Balaban J connectivity index is 1.39. The van der Waals surface area contributed by atoms with Crippen molar-refractivity contribution in [1.29, 1.82) is 0 Å². The molecule has 0 amide bonds. The van der Waals surface area contributed by atoms with E-state index >= 15 is 0 Å². The highest BCUT2D eigenvalue weighted by molar-refractivity contribution is 6.09. The number of benzene rings is 5. The van der Waals surface area contributed by atoms with E-state index in [1.807, 2.05) is 0 Å². The summed E-state index contributed by atoms with van der Waals surface area (Å²) in [6.45, 7) is 0. The highest BCUT2D eigenvalue weighted by Gasteiger charge is 2.12. The van der Waals surface area contributed by atoms with Crippen molar-refractivity contribution in [2.75, 3.05) is 0 Å². The molecule has 0 N–H and O–H groups in total. The maximum Gasteiger partial charge on any atom is 0.0541 e. The second kappa shape index (κ2) is 7.86. The lowest BCUT2D eigenvalue weighted by molar-refractivity contribution is 1.17. The van der Waals surface area contributed by atoms with Crippen LogP contribution in [0.25, 0.3) is 38.6 Å². The fourth-order valence-corrected chi connectivity index (χ4v) is 4.67. The molecule has 6 rings (SSSR count). The number of aromatic nitrogens is 1. The van der Waals surface area contributed by atoms with Gasteiger partial charge in [-0.15, -0.1) is 0 Å². The Morgan fingerprint density at radius 1 is 0.438 bits per heavy atom. The van der Waals surface area contributed by atoms with Gasteiger partial charge in [-0.3, -0.25) is 0 Å². The number of fused-ring (bicyclic) bond motifs is 3. The third kappa shape index (κ3) is 3.29. The van der Waals surface area contributed by atoms with Crippen molar-refractivity contribution in [2.45, 2.75) is 6.42 Å². The third-order valence-corrected chi connectivity index (χ3v) is 6.22. The lowest BCUT2D eigenvalue weighted by Gasteiger charge is -2.08. The Morgan fingerprint density at radius 2 is 1.03 bits per heavy atom. The van der Waals surface area contributed by atoms with E-state index in [0.29, 0.717) is 0 Å². The second-order valence-electron chi connectivity index (χ2n) is 8.28. The van der Waals surface area contributed by atoms with E-state index < -0.39 is 0 Å². The van der Waals surface area contributed by atoms with Gasteiger partial charge in [0.1, 0.15) is 0 Å². The predicted octanol–water partition coefficient (Wildman–Crippen LogP) is 8.04. The largest absolute Gasteiger partial charge is 0.309 e. The summed E-state index contributed by atoms with van der Waals surface area (Å²) in [5.41, 5.74) is 8.88. The van der Waals surface area contributed by atoms with Crippen molar-refractivity contribution in [3.63, 3.8) is 0 Å². The van der Waals surface area contributed by atoms with E-state index in [9.17, 15) is 0 Å². The number of rotatable bonds is 4. The molecule has 0 saturated heterocycles. The van der Waals surface area contributed by atoms with Crippen LogP contribution in [-0.4, -0.2) is 4.57 Å². The quantitative estimate of drug-likeness (QED) is 0.278. The molecule has 0 aliphatic carbocycles. The summed E-state index contributed by atoms with van der Waals surface area (Å²) in [4.78, 5) is 0. The van der Waals surface area contributed by atoms with Crippen LogP contribution in [0.4, 0.5) is 0 Å². The maximum absolute atomic E-state index is 2.36. The molecule has 0 atom stereocenters. The minimum atomic E-state index is 0.926. The minimum absolute atomic E-state index is 0.926. The third-order valence-electron chi connectivity index (χ3n) is 6.22. The van der Waals surface area contributed by atoms with Crippen molar-refractivity contribution in [3.05, 3.63) is 139 Å². The fraction of sp³-hybridized carbons (Fsp3) is 0.0323. The Hall–Kier alpha value is -4.10. The molecule has 0 aliphatic heterocycles. The normalized spacial score (nSPS) is 11.2. The molecule has 0 spiro atoms. The van der Waals surface area contributed by atoms with Crippen LogP contribution >= 0.6 is 0 Å². The average molecular weight is 410 g/mol. The van der Waals surface area contributed by atoms with Gasteiger partial charge in [0.2, 0.25) is 0 Å². The van der Waals surface area contributed by atoms with Gasteiger partial charge < -0.3 is 4.57 Å². The van der Waals surface area contributed by atoms with Crippen LogP contribution in [-0.2, 0) is 6.42 Å². The summed E-state index contributed by atoms with van der Waals surface area (Å²) in [6, 6.07) is 45.7. The summed E-state index contributed by atoms with van der Waals surface area (Å²) >= 11 is 0.